The molecule has 2 aromatic rings. The third-order valence-corrected chi connectivity index (χ3v) is 3.24. The number of aromatic nitrogens is 2. The molecule has 0 aliphatic heterocycles. The number of nitrogens with two attached hydrogens (primary N) is 1. The fourth-order valence-corrected chi connectivity index (χ4v) is 2.13. The maximum absolute atomic E-state index is 5.93. The van der Waals surface area contributed by atoms with E-state index in [1.54, 1.807) is 0 Å². The molecule has 1 aromatic heterocycles. The molecule has 90 valence electrons. The highest BCUT2D eigenvalue weighted by Gasteiger charge is 2.08. The first-order valence-corrected chi connectivity index (χ1v) is 6.08. The van der Waals surface area contributed by atoms with Crippen molar-refractivity contribution in [1.82, 2.24) is 9.78 Å². The van der Waals surface area contributed by atoms with E-state index in [0.717, 1.165) is 18.7 Å². The van der Waals surface area contributed by atoms with Crippen molar-refractivity contribution in [2.24, 2.45) is 0 Å². The molecule has 2 rings (SSSR count). The second kappa shape index (κ2) is 4.62. The van der Waals surface area contributed by atoms with E-state index in [2.05, 4.69) is 38.0 Å². The van der Waals surface area contributed by atoms with Crippen LogP contribution in [0, 0.1) is 6.92 Å². The Morgan fingerprint density at radius 3 is 2.65 bits per heavy atom. The highest BCUT2D eigenvalue weighted by Crippen LogP contribution is 2.26. The lowest BCUT2D eigenvalue weighted by molar-refractivity contribution is 0.640. The van der Waals surface area contributed by atoms with Crippen molar-refractivity contribution in [1.29, 1.82) is 0 Å². The Morgan fingerprint density at radius 2 is 2.06 bits per heavy atom. The van der Waals surface area contributed by atoms with Gasteiger partial charge in [-0.05, 0) is 43.5 Å². The average Bonchev–Trinajstić information content (AvgIpc) is 2.71. The zero-order valence-electron chi connectivity index (χ0n) is 10.7. The Balaban J connectivity index is 2.49. The van der Waals surface area contributed by atoms with E-state index >= 15 is 0 Å². The van der Waals surface area contributed by atoms with Crippen LogP contribution in [0.4, 0.5) is 5.69 Å². The fourth-order valence-electron chi connectivity index (χ4n) is 2.13. The number of nitrogen functional groups attached to an aromatic ring is 1. The number of nitrogens with zero attached hydrogens (tertiary/aromatic N) is 2. The molecule has 1 aromatic carbocycles. The minimum atomic E-state index is 0.872. The average molecular weight is 229 g/mol. The van der Waals surface area contributed by atoms with Crippen LogP contribution in [0.5, 0.6) is 0 Å². The first-order chi connectivity index (χ1) is 8.17. The summed E-state index contributed by atoms with van der Waals surface area (Å²) in [6.45, 7) is 7.23. The Labute approximate surface area is 102 Å². The Kier molecular flexibility index (Phi) is 3.18. The van der Waals surface area contributed by atoms with Gasteiger partial charge < -0.3 is 5.73 Å². The molecule has 0 aliphatic rings. The largest absolute Gasteiger partial charge is 0.399 e. The van der Waals surface area contributed by atoms with Crippen molar-refractivity contribution < 1.29 is 0 Å². The standard InChI is InChI=1S/C14H19N3/c1-4-11-8-12(6-7-14(11)15)13-9-16-17(5-2)10(13)3/h6-9H,4-5,15H2,1-3H3. The SMILES string of the molecule is CCc1cc(-c2cnn(CC)c2C)ccc1N. The fraction of sp³-hybridized carbons (Fsp3) is 0.357. The lowest BCUT2D eigenvalue weighted by atomic mass is 10.0. The molecule has 0 amide bonds. The quantitative estimate of drug-likeness (QED) is 0.822. The summed E-state index contributed by atoms with van der Waals surface area (Å²) < 4.78 is 2.01. The van der Waals surface area contributed by atoms with Gasteiger partial charge in [0, 0.05) is 23.5 Å². The van der Waals surface area contributed by atoms with Gasteiger partial charge in [-0.2, -0.15) is 5.10 Å². The molecule has 3 nitrogen and oxygen atoms in total. The number of benzene rings is 1. The van der Waals surface area contributed by atoms with Crippen LogP contribution >= 0.6 is 0 Å². The lowest BCUT2D eigenvalue weighted by Crippen LogP contribution is -1.98. The molecule has 0 saturated carbocycles. The summed E-state index contributed by atoms with van der Waals surface area (Å²) >= 11 is 0. The Hall–Kier alpha value is -1.77. The van der Waals surface area contributed by atoms with E-state index < -0.39 is 0 Å². The van der Waals surface area contributed by atoms with Crippen molar-refractivity contribution in [3.8, 4) is 11.1 Å². The zero-order chi connectivity index (χ0) is 12.4. The monoisotopic (exact) mass is 229 g/mol. The Bertz CT molecular complexity index is 526. The van der Waals surface area contributed by atoms with Crippen LogP contribution in [0.1, 0.15) is 25.1 Å². The maximum Gasteiger partial charge on any atom is 0.0571 e. The molecule has 0 aliphatic carbocycles. The van der Waals surface area contributed by atoms with E-state index in [0.29, 0.717) is 0 Å². The van der Waals surface area contributed by atoms with Crippen LogP contribution in [0.15, 0.2) is 24.4 Å². The van der Waals surface area contributed by atoms with Gasteiger partial charge in [0.05, 0.1) is 6.20 Å². The third-order valence-electron chi connectivity index (χ3n) is 3.24. The van der Waals surface area contributed by atoms with Gasteiger partial charge in [0.1, 0.15) is 0 Å². The third kappa shape index (κ3) is 2.05. The molecular weight excluding hydrogens is 210 g/mol. The van der Waals surface area contributed by atoms with Crippen molar-refractivity contribution in [3.05, 3.63) is 35.7 Å². The summed E-state index contributed by atoms with van der Waals surface area (Å²) in [4.78, 5) is 0. The maximum atomic E-state index is 5.93. The van der Waals surface area contributed by atoms with Gasteiger partial charge >= 0.3 is 0 Å². The molecule has 3 heteroatoms. The summed E-state index contributed by atoms with van der Waals surface area (Å²) in [5, 5.41) is 4.37. The predicted octanol–water partition coefficient (Wildman–Crippen LogP) is 3.02. The number of hydrogen-bond donors (Lipinski definition) is 1. The van der Waals surface area contributed by atoms with E-state index in [1.807, 2.05) is 16.9 Å². The summed E-state index contributed by atoms with van der Waals surface area (Å²) in [5.41, 5.74) is 11.6. The molecule has 0 atom stereocenters. The Morgan fingerprint density at radius 1 is 1.29 bits per heavy atom. The van der Waals surface area contributed by atoms with Gasteiger partial charge in [0.2, 0.25) is 0 Å². The zero-order valence-corrected chi connectivity index (χ0v) is 10.7. The van der Waals surface area contributed by atoms with Crippen LogP contribution < -0.4 is 5.73 Å². The van der Waals surface area contributed by atoms with Gasteiger partial charge in [-0.15, -0.1) is 0 Å². The van der Waals surface area contributed by atoms with Crippen LogP contribution in [0.2, 0.25) is 0 Å². The molecule has 0 unspecified atom stereocenters. The normalized spacial score (nSPS) is 10.8. The van der Waals surface area contributed by atoms with Crippen molar-refractivity contribution in [2.75, 3.05) is 5.73 Å². The second-order valence-electron chi connectivity index (χ2n) is 4.23. The van der Waals surface area contributed by atoms with Crippen LogP contribution in [-0.4, -0.2) is 9.78 Å². The lowest BCUT2D eigenvalue weighted by Gasteiger charge is -2.07. The topological polar surface area (TPSA) is 43.8 Å². The first-order valence-electron chi connectivity index (χ1n) is 6.08. The van der Waals surface area contributed by atoms with E-state index in [1.165, 1.54) is 22.4 Å². The highest BCUT2D eigenvalue weighted by atomic mass is 15.3. The van der Waals surface area contributed by atoms with Gasteiger partial charge in [0.15, 0.2) is 0 Å². The first kappa shape index (κ1) is 11.7. The summed E-state index contributed by atoms with van der Waals surface area (Å²) in [6.07, 6.45) is 2.89. The van der Waals surface area contributed by atoms with Crippen LogP contribution in [0.25, 0.3) is 11.1 Å². The second-order valence-corrected chi connectivity index (χ2v) is 4.23. The van der Waals surface area contributed by atoms with Gasteiger partial charge in [-0.25, -0.2) is 0 Å². The van der Waals surface area contributed by atoms with Crippen molar-refractivity contribution in [3.63, 3.8) is 0 Å². The van der Waals surface area contributed by atoms with E-state index in [4.69, 9.17) is 5.73 Å². The molecule has 17 heavy (non-hydrogen) atoms. The molecule has 0 bridgehead atoms. The summed E-state index contributed by atoms with van der Waals surface area (Å²) in [5.74, 6) is 0. The summed E-state index contributed by atoms with van der Waals surface area (Å²) in [7, 11) is 0. The number of hydrogen-bond acceptors (Lipinski definition) is 2. The van der Waals surface area contributed by atoms with E-state index in [-0.39, 0.29) is 0 Å². The number of aryl methyl sites for hydroxylation is 2. The molecular formula is C14H19N3. The smallest absolute Gasteiger partial charge is 0.0571 e. The number of anilines is 1. The highest BCUT2D eigenvalue weighted by molar-refractivity contribution is 5.69. The van der Waals surface area contributed by atoms with Crippen molar-refractivity contribution in [2.45, 2.75) is 33.7 Å². The molecule has 2 N–H and O–H groups in total. The van der Waals surface area contributed by atoms with Crippen LogP contribution in [0.3, 0.4) is 0 Å². The number of rotatable bonds is 3. The molecule has 0 saturated heterocycles. The van der Waals surface area contributed by atoms with E-state index in [9.17, 15) is 0 Å². The molecule has 1 heterocycles. The predicted molar refractivity (Wildman–Crippen MR) is 71.9 cm³/mol. The molecule has 0 spiro atoms. The summed E-state index contributed by atoms with van der Waals surface area (Å²) in [6, 6.07) is 6.22. The molecule has 0 fully saturated rings. The van der Waals surface area contributed by atoms with Crippen molar-refractivity contribution >= 4 is 5.69 Å². The van der Waals surface area contributed by atoms with Gasteiger partial charge in [-0.3, -0.25) is 4.68 Å². The minimum Gasteiger partial charge on any atom is -0.399 e. The van der Waals surface area contributed by atoms with Gasteiger partial charge in [0.25, 0.3) is 0 Å². The minimum absolute atomic E-state index is 0.872. The van der Waals surface area contributed by atoms with Gasteiger partial charge in [-0.1, -0.05) is 13.0 Å². The van der Waals surface area contributed by atoms with Crippen LogP contribution in [-0.2, 0) is 13.0 Å². The molecule has 0 radical (unpaired) electrons.